The highest BCUT2D eigenvalue weighted by atomic mass is 16.1. The highest BCUT2D eigenvalue weighted by molar-refractivity contribution is 5.83. The first kappa shape index (κ1) is 13.0. The molecular weight excluding hydrogens is 212 g/mol. The lowest BCUT2D eigenvalue weighted by Crippen LogP contribution is -2.56. The monoisotopic (exact) mass is 238 g/mol. The van der Waals surface area contributed by atoms with Gasteiger partial charge in [-0.3, -0.25) is 14.6 Å². The van der Waals surface area contributed by atoms with Crippen molar-refractivity contribution in [3.05, 3.63) is 0 Å². The summed E-state index contributed by atoms with van der Waals surface area (Å²) in [6.45, 7) is 7.27. The molecule has 1 saturated carbocycles. The van der Waals surface area contributed by atoms with Gasteiger partial charge in [0.1, 0.15) is 5.78 Å². The maximum absolute atomic E-state index is 12.2. The molecule has 2 fully saturated rings. The van der Waals surface area contributed by atoms with Crippen molar-refractivity contribution in [3.63, 3.8) is 0 Å². The third-order valence-corrected chi connectivity index (χ3v) is 4.63. The van der Waals surface area contributed by atoms with Gasteiger partial charge < -0.3 is 0 Å². The van der Waals surface area contributed by atoms with Gasteiger partial charge in [-0.25, -0.2) is 0 Å². The van der Waals surface area contributed by atoms with Crippen LogP contribution in [0, 0.1) is 5.92 Å². The molecule has 1 aliphatic heterocycles. The lowest BCUT2D eigenvalue weighted by Gasteiger charge is -2.42. The predicted molar refractivity (Wildman–Crippen MR) is 70.1 cm³/mol. The van der Waals surface area contributed by atoms with Crippen LogP contribution in [-0.2, 0) is 4.79 Å². The zero-order valence-corrected chi connectivity index (χ0v) is 11.5. The number of nitrogens with zero attached hydrogens (tertiary/aromatic N) is 2. The zero-order chi connectivity index (χ0) is 12.4. The van der Waals surface area contributed by atoms with Crippen molar-refractivity contribution >= 4 is 5.78 Å². The average Bonchev–Trinajstić information content (AvgIpc) is 2.79. The minimum absolute atomic E-state index is 0.375. The van der Waals surface area contributed by atoms with Crippen LogP contribution >= 0.6 is 0 Å². The Balaban J connectivity index is 1.84. The maximum Gasteiger partial charge on any atom is 0.149 e. The average molecular weight is 238 g/mol. The van der Waals surface area contributed by atoms with E-state index in [0.717, 1.165) is 25.9 Å². The van der Waals surface area contributed by atoms with E-state index in [1.54, 1.807) is 0 Å². The summed E-state index contributed by atoms with van der Waals surface area (Å²) in [6.07, 6.45) is 4.78. The van der Waals surface area contributed by atoms with Gasteiger partial charge in [-0.15, -0.1) is 0 Å². The van der Waals surface area contributed by atoms with E-state index < -0.39 is 0 Å². The SMILES string of the molecule is CC1CN(CC(=O)C2CCCC2)CC(C)N1C. The van der Waals surface area contributed by atoms with Gasteiger partial charge in [0.05, 0.1) is 6.54 Å². The Hall–Kier alpha value is -0.410. The number of hydrogen-bond acceptors (Lipinski definition) is 3. The number of Topliss-reactive ketones (excluding diaryl/α,β-unsaturated/α-hetero) is 1. The van der Waals surface area contributed by atoms with Crippen LogP contribution in [0.2, 0.25) is 0 Å². The molecule has 1 aliphatic carbocycles. The standard InChI is InChI=1S/C14H26N2O/c1-11-8-16(9-12(2)15(11)3)10-14(17)13-6-4-5-7-13/h11-13H,4-10H2,1-3H3. The molecule has 2 unspecified atom stereocenters. The van der Waals surface area contributed by atoms with Crippen molar-refractivity contribution in [2.45, 2.75) is 51.6 Å². The molecule has 0 spiro atoms. The van der Waals surface area contributed by atoms with E-state index in [4.69, 9.17) is 0 Å². The Kier molecular flexibility index (Phi) is 4.21. The lowest BCUT2D eigenvalue weighted by atomic mass is 10.0. The van der Waals surface area contributed by atoms with E-state index in [2.05, 4.69) is 30.7 Å². The normalized spacial score (nSPS) is 33.1. The molecule has 17 heavy (non-hydrogen) atoms. The van der Waals surface area contributed by atoms with Gasteiger partial charge >= 0.3 is 0 Å². The Morgan fingerprint density at radius 3 is 2.18 bits per heavy atom. The Morgan fingerprint density at radius 2 is 1.65 bits per heavy atom. The molecule has 2 atom stereocenters. The van der Waals surface area contributed by atoms with Crippen molar-refractivity contribution in [1.82, 2.24) is 9.80 Å². The number of carbonyl (C=O) groups excluding carboxylic acids is 1. The number of carbonyl (C=O) groups is 1. The van der Waals surface area contributed by atoms with Crippen molar-refractivity contribution in [1.29, 1.82) is 0 Å². The predicted octanol–water partition coefficient (Wildman–Crippen LogP) is 1.77. The van der Waals surface area contributed by atoms with Gasteiger partial charge in [-0.2, -0.15) is 0 Å². The molecule has 0 N–H and O–H groups in total. The van der Waals surface area contributed by atoms with Crippen LogP contribution in [0.4, 0.5) is 0 Å². The molecule has 0 amide bonds. The number of rotatable bonds is 3. The lowest BCUT2D eigenvalue weighted by molar-refractivity contribution is -0.124. The van der Waals surface area contributed by atoms with E-state index in [0.29, 0.717) is 30.3 Å². The highest BCUT2D eigenvalue weighted by Crippen LogP contribution is 2.26. The van der Waals surface area contributed by atoms with Crippen molar-refractivity contribution in [2.24, 2.45) is 5.92 Å². The van der Waals surface area contributed by atoms with E-state index in [1.165, 1.54) is 12.8 Å². The minimum atomic E-state index is 0.375. The fourth-order valence-electron chi connectivity index (χ4n) is 3.24. The number of hydrogen-bond donors (Lipinski definition) is 0. The summed E-state index contributed by atoms with van der Waals surface area (Å²) in [5.74, 6) is 0.867. The zero-order valence-electron chi connectivity index (χ0n) is 11.5. The summed E-state index contributed by atoms with van der Waals surface area (Å²) in [5.41, 5.74) is 0. The first-order chi connectivity index (χ1) is 8.08. The van der Waals surface area contributed by atoms with E-state index in [-0.39, 0.29) is 0 Å². The second-order valence-corrected chi connectivity index (χ2v) is 6.01. The third kappa shape index (κ3) is 3.08. The summed E-state index contributed by atoms with van der Waals surface area (Å²) in [7, 11) is 2.19. The van der Waals surface area contributed by atoms with Gasteiger partial charge in [-0.05, 0) is 33.7 Å². The molecular formula is C14H26N2O. The second-order valence-electron chi connectivity index (χ2n) is 6.01. The Labute approximate surface area is 105 Å². The smallest absolute Gasteiger partial charge is 0.149 e. The molecule has 0 aromatic rings. The Bertz CT molecular complexity index is 261. The topological polar surface area (TPSA) is 23.6 Å². The molecule has 1 saturated heterocycles. The molecule has 3 nitrogen and oxygen atoms in total. The number of piperazine rings is 1. The van der Waals surface area contributed by atoms with Gasteiger partial charge in [0.25, 0.3) is 0 Å². The van der Waals surface area contributed by atoms with Crippen LogP contribution in [-0.4, -0.2) is 54.3 Å². The van der Waals surface area contributed by atoms with Crippen LogP contribution in [0.5, 0.6) is 0 Å². The maximum atomic E-state index is 12.2. The summed E-state index contributed by atoms with van der Waals surface area (Å²) < 4.78 is 0. The minimum Gasteiger partial charge on any atom is -0.298 e. The fraction of sp³-hybridized carbons (Fsp3) is 0.929. The van der Waals surface area contributed by atoms with Gasteiger partial charge in [0.15, 0.2) is 0 Å². The third-order valence-electron chi connectivity index (χ3n) is 4.63. The largest absolute Gasteiger partial charge is 0.298 e. The quantitative estimate of drug-likeness (QED) is 0.748. The van der Waals surface area contributed by atoms with Gasteiger partial charge in [0.2, 0.25) is 0 Å². The first-order valence-corrected chi connectivity index (χ1v) is 7.05. The van der Waals surface area contributed by atoms with Crippen molar-refractivity contribution in [2.75, 3.05) is 26.7 Å². The van der Waals surface area contributed by atoms with Crippen LogP contribution < -0.4 is 0 Å². The number of likely N-dealkylation sites (N-methyl/N-ethyl adjacent to an activating group) is 1. The highest BCUT2D eigenvalue weighted by Gasteiger charge is 2.30. The van der Waals surface area contributed by atoms with Crippen LogP contribution in [0.15, 0.2) is 0 Å². The van der Waals surface area contributed by atoms with Gasteiger partial charge in [-0.1, -0.05) is 12.8 Å². The summed E-state index contributed by atoms with van der Waals surface area (Å²) >= 11 is 0. The fourth-order valence-corrected chi connectivity index (χ4v) is 3.24. The van der Waals surface area contributed by atoms with E-state index >= 15 is 0 Å². The molecule has 0 bridgehead atoms. The molecule has 2 aliphatic rings. The molecule has 3 heteroatoms. The molecule has 1 heterocycles. The van der Waals surface area contributed by atoms with Gasteiger partial charge in [0, 0.05) is 31.1 Å². The molecule has 98 valence electrons. The molecule has 0 aromatic heterocycles. The van der Waals surface area contributed by atoms with Crippen LogP contribution in [0.3, 0.4) is 0 Å². The van der Waals surface area contributed by atoms with Crippen LogP contribution in [0.1, 0.15) is 39.5 Å². The van der Waals surface area contributed by atoms with Crippen LogP contribution in [0.25, 0.3) is 0 Å². The molecule has 0 aromatic carbocycles. The van der Waals surface area contributed by atoms with Crippen molar-refractivity contribution in [3.8, 4) is 0 Å². The van der Waals surface area contributed by atoms with E-state index in [9.17, 15) is 4.79 Å². The molecule has 2 rings (SSSR count). The summed E-state index contributed by atoms with van der Waals surface area (Å²) in [4.78, 5) is 16.9. The second kappa shape index (κ2) is 5.49. The molecule has 0 radical (unpaired) electrons. The van der Waals surface area contributed by atoms with Crippen molar-refractivity contribution < 1.29 is 4.79 Å². The summed E-state index contributed by atoms with van der Waals surface area (Å²) in [6, 6.07) is 1.13. The number of ketones is 1. The Morgan fingerprint density at radius 1 is 1.12 bits per heavy atom. The first-order valence-electron chi connectivity index (χ1n) is 7.05. The van der Waals surface area contributed by atoms with E-state index in [1.807, 2.05) is 0 Å². The summed E-state index contributed by atoms with van der Waals surface area (Å²) in [5, 5.41) is 0.